The van der Waals surface area contributed by atoms with Crippen molar-refractivity contribution in [2.45, 2.75) is 19.8 Å². The number of fused-ring (bicyclic) bond motifs is 1. The molecule has 0 atom stereocenters. The minimum absolute atomic E-state index is 0.375. The number of imidazole rings is 1. The number of rotatable bonds is 1. The van der Waals surface area contributed by atoms with Gasteiger partial charge in [0, 0.05) is 5.92 Å². The molecule has 0 unspecified atom stereocenters. The molecule has 1 N–H and O–H groups in total. The monoisotopic (exact) mass is 228 g/mol. The Kier molecular flexibility index (Phi) is 2.41. The average molecular weight is 229 g/mol. The third-order valence-electron chi connectivity index (χ3n) is 2.09. The van der Waals surface area contributed by atoms with E-state index in [0.717, 1.165) is 16.9 Å². The normalized spacial score (nSPS) is 11.5. The third-order valence-corrected chi connectivity index (χ3v) is 2.81. The number of hydrogen-bond donors (Lipinski definition) is 1. The minimum Gasteiger partial charge on any atom is -0.342 e. The first kappa shape index (κ1) is 9.81. The molecule has 4 heteroatoms. The summed E-state index contributed by atoms with van der Waals surface area (Å²) in [6.07, 6.45) is 0. The van der Waals surface area contributed by atoms with E-state index in [4.69, 9.17) is 23.2 Å². The molecule has 0 saturated heterocycles. The SMILES string of the molecule is CC(C)c1nc2cc(Cl)c(Cl)cc2[nH]1. The quantitative estimate of drug-likeness (QED) is 0.786. The van der Waals surface area contributed by atoms with Crippen LogP contribution < -0.4 is 0 Å². The second-order valence-corrected chi connectivity index (χ2v) is 4.37. The van der Waals surface area contributed by atoms with Gasteiger partial charge in [-0.25, -0.2) is 4.98 Å². The molecule has 14 heavy (non-hydrogen) atoms. The van der Waals surface area contributed by atoms with Crippen LogP contribution in [0, 0.1) is 0 Å². The predicted octanol–water partition coefficient (Wildman–Crippen LogP) is 3.99. The van der Waals surface area contributed by atoms with Crippen LogP contribution in [0.5, 0.6) is 0 Å². The average Bonchev–Trinajstić information content (AvgIpc) is 2.48. The predicted molar refractivity (Wildman–Crippen MR) is 60.2 cm³/mol. The van der Waals surface area contributed by atoms with Crippen LogP contribution in [-0.4, -0.2) is 9.97 Å². The number of halogens is 2. The number of nitrogens with one attached hydrogen (secondary N) is 1. The van der Waals surface area contributed by atoms with Gasteiger partial charge in [-0.15, -0.1) is 0 Å². The van der Waals surface area contributed by atoms with Gasteiger partial charge in [0.25, 0.3) is 0 Å². The van der Waals surface area contributed by atoms with Gasteiger partial charge < -0.3 is 4.98 Å². The smallest absolute Gasteiger partial charge is 0.109 e. The second kappa shape index (κ2) is 3.44. The third kappa shape index (κ3) is 1.60. The molecule has 1 heterocycles. The molecular formula is C10H10Cl2N2. The fourth-order valence-electron chi connectivity index (χ4n) is 1.30. The van der Waals surface area contributed by atoms with Gasteiger partial charge in [0.15, 0.2) is 0 Å². The Balaban J connectivity index is 2.66. The Morgan fingerprint density at radius 2 is 1.86 bits per heavy atom. The van der Waals surface area contributed by atoms with E-state index in [1.807, 2.05) is 0 Å². The van der Waals surface area contributed by atoms with Crippen molar-refractivity contribution in [2.75, 3.05) is 0 Å². The summed E-state index contributed by atoms with van der Waals surface area (Å²) in [6, 6.07) is 3.58. The summed E-state index contributed by atoms with van der Waals surface area (Å²) in [5, 5.41) is 1.10. The zero-order valence-corrected chi connectivity index (χ0v) is 9.45. The van der Waals surface area contributed by atoms with Crippen LogP contribution in [0.25, 0.3) is 11.0 Å². The maximum absolute atomic E-state index is 5.90. The van der Waals surface area contributed by atoms with Crippen molar-refractivity contribution in [2.24, 2.45) is 0 Å². The number of H-pyrrole nitrogens is 1. The van der Waals surface area contributed by atoms with Gasteiger partial charge >= 0.3 is 0 Å². The number of hydrogen-bond acceptors (Lipinski definition) is 1. The van der Waals surface area contributed by atoms with Crippen molar-refractivity contribution in [3.05, 3.63) is 28.0 Å². The van der Waals surface area contributed by atoms with Crippen molar-refractivity contribution < 1.29 is 0 Å². The molecule has 0 radical (unpaired) electrons. The van der Waals surface area contributed by atoms with Crippen molar-refractivity contribution in [3.63, 3.8) is 0 Å². The zero-order valence-electron chi connectivity index (χ0n) is 7.94. The van der Waals surface area contributed by atoms with Gasteiger partial charge in [-0.05, 0) is 12.1 Å². The zero-order chi connectivity index (χ0) is 10.3. The summed E-state index contributed by atoms with van der Waals surface area (Å²) < 4.78 is 0. The van der Waals surface area contributed by atoms with Crippen molar-refractivity contribution in [3.8, 4) is 0 Å². The highest BCUT2D eigenvalue weighted by Crippen LogP contribution is 2.27. The molecule has 74 valence electrons. The molecular weight excluding hydrogens is 219 g/mol. The standard InChI is InChI=1S/C10H10Cl2N2/c1-5(2)10-13-8-3-6(11)7(12)4-9(8)14-10/h3-5H,1-2H3,(H,13,14). The highest BCUT2D eigenvalue weighted by molar-refractivity contribution is 6.42. The van der Waals surface area contributed by atoms with E-state index in [9.17, 15) is 0 Å². The summed E-state index contributed by atoms with van der Waals surface area (Å²) in [6.45, 7) is 4.17. The van der Waals surface area contributed by atoms with E-state index in [1.165, 1.54) is 0 Å². The van der Waals surface area contributed by atoms with Crippen LogP contribution in [0.2, 0.25) is 10.0 Å². The number of nitrogens with zero attached hydrogens (tertiary/aromatic N) is 1. The number of benzene rings is 1. The lowest BCUT2D eigenvalue weighted by atomic mass is 10.2. The van der Waals surface area contributed by atoms with E-state index in [0.29, 0.717) is 16.0 Å². The molecule has 0 amide bonds. The van der Waals surface area contributed by atoms with Gasteiger partial charge in [0.1, 0.15) is 5.82 Å². The maximum atomic E-state index is 5.90. The van der Waals surface area contributed by atoms with Crippen LogP contribution in [0.4, 0.5) is 0 Å². The summed E-state index contributed by atoms with van der Waals surface area (Å²) >= 11 is 11.8. The van der Waals surface area contributed by atoms with E-state index in [-0.39, 0.29) is 0 Å². The summed E-state index contributed by atoms with van der Waals surface area (Å²) in [5.74, 6) is 1.33. The minimum atomic E-state index is 0.375. The van der Waals surface area contributed by atoms with Crippen molar-refractivity contribution in [1.29, 1.82) is 0 Å². The Morgan fingerprint density at radius 1 is 1.21 bits per heavy atom. The fraction of sp³-hybridized carbons (Fsp3) is 0.300. The molecule has 1 aromatic carbocycles. The highest BCUT2D eigenvalue weighted by atomic mass is 35.5. The van der Waals surface area contributed by atoms with E-state index < -0.39 is 0 Å². The lowest BCUT2D eigenvalue weighted by Gasteiger charge is -1.95. The molecule has 0 spiro atoms. The molecule has 2 aromatic rings. The van der Waals surface area contributed by atoms with Gasteiger partial charge in [-0.1, -0.05) is 37.0 Å². The molecule has 0 fully saturated rings. The molecule has 0 bridgehead atoms. The Labute approximate surface area is 92.2 Å². The topological polar surface area (TPSA) is 28.7 Å². The van der Waals surface area contributed by atoms with Crippen LogP contribution in [-0.2, 0) is 0 Å². The van der Waals surface area contributed by atoms with Crippen LogP contribution in [0.1, 0.15) is 25.6 Å². The molecule has 0 aliphatic heterocycles. The first-order valence-electron chi connectivity index (χ1n) is 4.42. The van der Waals surface area contributed by atoms with E-state index in [2.05, 4.69) is 23.8 Å². The summed E-state index contributed by atoms with van der Waals surface area (Å²) in [5.41, 5.74) is 1.80. The molecule has 2 nitrogen and oxygen atoms in total. The molecule has 0 aliphatic carbocycles. The first-order valence-corrected chi connectivity index (χ1v) is 5.18. The molecule has 1 aromatic heterocycles. The first-order chi connectivity index (χ1) is 6.58. The van der Waals surface area contributed by atoms with Crippen molar-refractivity contribution >= 4 is 34.2 Å². The molecule has 0 saturated carbocycles. The van der Waals surface area contributed by atoms with Crippen LogP contribution in [0.15, 0.2) is 12.1 Å². The maximum Gasteiger partial charge on any atom is 0.109 e. The summed E-state index contributed by atoms with van der Waals surface area (Å²) in [4.78, 5) is 7.62. The van der Waals surface area contributed by atoms with Crippen LogP contribution in [0.3, 0.4) is 0 Å². The molecule has 0 aliphatic rings. The molecule has 2 rings (SSSR count). The Hall–Kier alpha value is -0.730. The highest BCUT2D eigenvalue weighted by Gasteiger charge is 2.08. The van der Waals surface area contributed by atoms with Gasteiger partial charge in [0.05, 0.1) is 21.1 Å². The second-order valence-electron chi connectivity index (χ2n) is 3.56. The van der Waals surface area contributed by atoms with Gasteiger partial charge in [-0.3, -0.25) is 0 Å². The van der Waals surface area contributed by atoms with Crippen LogP contribution >= 0.6 is 23.2 Å². The largest absolute Gasteiger partial charge is 0.342 e. The number of aromatic amines is 1. The van der Waals surface area contributed by atoms with Crippen molar-refractivity contribution in [1.82, 2.24) is 9.97 Å². The lowest BCUT2D eigenvalue weighted by Crippen LogP contribution is -1.88. The summed E-state index contributed by atoms with van der Waals surface area (Å²) in [7, 11) is 0. The number of aromatic nitrogens is 2. The van der Waals surface area contributed by atoms with E-state index in [1.54, 1.807) is 12.1 Å². The Bertz CT molecular complexity index is 435. The Morgan fingerprint density at radius 3 is 2.50 bits per heavy atom. The van der Waals surface area contributed by atoms with Gasteiger partial charge in [-0.2, -0.15) is 0 Å². The fourth-order valence-corrected chi connectivity index (χ4v) is 1.62. The lowest BCUT2D eigenvalue weighted by molar-refractivity contribution is 0.799. The van der Waals surface area contributed by atoms with Gasteiger partial charge in [0.2, 0.25) is 0 Å². The van der Waals surface area contributed by atoms with E-state index >= 15 is 0 Å².